The number of halogens is 4. The van der Waals surface area contributed by atoms with Crippen molar-refractivity contribution in [2.24, 2.45) is 0 Å². The van der Waals surface area contributed by atoms with E-state index in [1.165, 1.54) is 36.4 Å². The number of ether oxygens (including phenoxy) is 8. The number of amides is 6. The van der Waals surface area contributed by atoms with Crippen LogP contribution < -0.4 is 42.5 Å². The number of benzene rings is 2. The molecule has 0 fully saturated rings. The molecule has 2 aromatic carbocycles. The molecule has 0 aliphatic rings. The summed E-state index contributed by atoms with van der Waals surface area (Å²) < 4.78 is 43.7. The number of aliphatic carboxylic acids is 2. The van der Waals surface area contributed by atoms with Gasteiger partial charge in [0.05, 0.1) is 104 Å². The first-order valence-electron chi connectivity index (χ1n) is 30.6. The Hall–Kier alpha value is -7.38. The summed E-state index contributed by atoms with van der Waals surface area (Å²) in [7, 11) is 0. The SMILES string of the molecule is O=C(O)CC(NC(=O)C(COCCOCCOCCOC(=O)NCCCCNC(=O)OCCOCCOCCOCC(NC(=O)CCCCNc1ccccn1)C(=O)NC(CC(=O)O)c1cc(Cl)cc(Cl)c1)NC(=O)CCCCNc1ccccn1)c1cc(Cl)cc(Cl)c1. The minimum atomic E-state index is -1.19. The van der Waals surface area contributed by atoms with Gasteiger partial charge in [-0.25, -0.2) is 19.6 Å². The van der Waals surface area contributed by atoms with E-state index >= 15 is 0 Å². The maximum atomic E-state index is 13.6. The van der Waals surface area contributed by atoms with Crippen LogP contribution in [0.15, 0.2) is 85.2 Å². The maximum Gasteiger partial charge on any atom is 0.407 e. The molecule has 0 spiro atoms. The summed E-state index contributed by atoms with van der Waals surface area (Å²) in [6, 6.07) is 15.5. The predicted molar refractivity (Wildman–Crippen MR) is 349 cm³/mol. The van der Waals surface area contributed by atoms with E-state index in [2.05, 4.69) is 52.5 Å². The van der Waals surface area contributed by atoms with Crippen molar-refractivity contribution in [2.75, 3.05) is 129 Å². The normalized spacial score (nSPS) is 12.3. The first-order chi connectivity index (χ1) is 45.4. The van der Waals surface area contributed by atoms with Gasteiger partial charge in [-0.05, 0) is 110 Å². The van der Waals surface area contributed by atoms with Gasteiger partial charge in [0.2, 0.25) is 23.6 Å². The van der Waals surface area contributed by atoms with Crippen molar-refractivity contribution in [2.45, 2.75) is 88.4 Å². The highest BCUT2D eigenvalue weighted by atomic mass is 35.5. The summed E-state index contributed by atoms with van der Waals surface area (Å²) in [5.74, 6) is -3.11. The molecule has 0 saturated carbocycles. The molecule has 0 radical (unpaired) electrons. The lowest BCUT2D eigenvalue weighted by atomic mass is 10.0. The van der Waals surface area contributed by atoms with Crippen molar-refractivity contribution < 1.29 is 86.5 Å². The number of carboxylic acids is 2. The largest absolute Gasteiger partial charge is 0.481 e. The Kier molecular flexibility index (Phi) is 40.7. The second kappa shape index (κ2) is 48.3. The molecule has 6 amide bonds. The number of carboxylic acid groups (broad SMARTS) is 2. The molecule has 4 rings (SSSR count). The van der Waals surface area contributed by atoms with Crippen LogP contribution in [0.5, 0.6) is 0 Å². The average Bonchev–Trinajstić information content (AvgIpc) is 0.889. The highest BCUT2D eigenvalue weighted by Gasteiger charge is 2.28. The summed E-state index contributed by atoms with van der Waals surface area (Å²) in [5, 5.41) is 42.6. The number of unbranched alkanes of at least 4 members (excludes halogenated alkanes) is 3. The molecule has 0 saturated heterocycles. The third kappa shape index (κ3) is 37.5. The van der Waals surface area contributed by atoms with Crippen LogP contribution in [0.4, 0.5) is 21.2 Å². The van der Waals surface area contributed by atoms with Crippen LogP contribution in [0.1, 0.15) is 87.4 Å². The minimum Gasteiger partial charge on any atom is -0.481 e. The zero-order valence-corrected chi connectivity index (χ0v) is 55.0. The second-order valence-electron chi connectivity index (χ2n) is 20.6. The molecule has 94 heavy (non-hydrogen) atoms. The number of alkyl carbamates (subject to hydrolysis) is 2. The molecule has 10 N–H and O–H groups in total. The van der Waals surface area contributed by atoms with E-state index in [0.29, 0.717) is 87.5 Å². The van der Waals surface area contributed by atoms with Gasteiger partial charge in [-0.2, -0.15) is 0 Å². The molecule has 0 aliphatic carbocycles. The number of hydrogen-bond acceptors (Lipinski definition) is 20. The molecule has 2 heterocycles. The highest BCUT2D eigenvalue weighted by molar-refractivity contribution is 6.35. The zero-order valence-electron chi connectivity index (χ0n) is 52.0. The third-order valence-electron chi connectivity index (χ3n) is 13.0. The summed E-state index contributed by atoms with van der Waals surface area (Å²) in [6.45, 7) is 2.47. The Morgan fingerprint density at radius 3 is 1.10 bits per heavy atom. The zero-order chi connectivity index (χ0) is 68.0. The number of carbonyl (C=O) groups is 8. The van der Waals surface area contributed by atoms with Gasteiger partial charge in [-0.3, -0.25) is 28.8 Å². The van der Waals surface area contributed by atoms with Crippen LogP contribution in [-0.2, 0) is 66.7 Å². The number of nitrogens with one attached hydrogen (secondary N) is 8. The Morgan fingerprint density at radius 2 is 0.755 bits per heavy atom. The first kappa shape index (κ1) is 79.1. The lowest BCUT2D eigenvalue weighted by molar-refractivity contribution is -0.139. The van der Waals surface area contributed by atoms with Crippen LogP contribution in [-0.4, -0.2) is 199 Å². The number of nitrogens with zero attached hydrogens (tertiary/aromatic N) is 2. The molecule has 4 unspecified atom stereocenters. The van der Waals surface area contributed by atoms with E-state index in [1.54, 1.807) is 24.5 Å². The molecular weight excluding hydrogens is 1310 g/mol. The van der Waals surface area contributed by atoms with Gasteiger partial charge in [0.25, 0.3) is 0 Å². The fourth-order valence-electron chi connectivity index (χ4n) is 8.44. The number of rotatable bonds is 51. The molecule has 4 atom stereocenters. The number of aromatic nitrogens is 2. The van der Waals surface area contributed by atoms with Crippen molar-refractivity contribution >= 4 is 106 Å². The number of carbonyl (C=O) groups excluding carboxylic acids is 6. The molecule has 518 valence electrons. The van der Waals surface area contributed by atoms with Crippen molar-refractivity contribution in [3.63, 3.8) is 0 Å². The second-order valence-corrected chi connectivity index (χ2v) is 22.3. The predicted octanol–water partition coefficient (Wildman–Crippen LogP) is 6.92. The van der Waals surface area contributed by atoms with Crippen molar-refractivity contribution in [3.05, 3.63) is 116 Å². The number of anilines is 2. The van der Waals surface area contributed by atoms with E-state index in [9.17, 15) is 48.6 Å². The van der Waals surface area contributed by atoms with Crippen molar-refractivity contribution in [3.8, 4) is 0 Å². The number of hydrogen-bond donors (Lipinski definition) is 10. The Morgan fingerprint density at radius 1 is 0.415 bits per heavy atom. The van der Waals surface area contributed by atoms with Crippen molar-refractivity contribution in [1.29, 1.82) is 0 Å². The van der Waals surface area contributed by atoms with E-state index < -0.39 is 84.8 Å². The molecule has 2 aromatic heterocycles. The molecule has 4 aromatic rings. The standard InChI is InChI=1S/C62H84Cl4N10O18/c63-45-33-43(34-46(64)37-45)49(39-57(79)80)75-59(83)51(73-55(77)13-3-7-17-69-53-11-1-5-15-67-53)41-91-27-25-87-21-23-89-29-31-93-61(85)71-19-9-10-20-72-62(86)94-32-30-90-24-22-88-26-28-92-42-52(74-56(78)14-4-8-18-70-54-12-2-6-16-68-54)60(84)76-50(40-58(81)82)44-35-47(65)38-48(66)36-44/h1-2,5-6,11-12,15-16,33-38,49-52H,3-4,7-10,13-14,17-32,39-42H2,(H,67,69)(H,68,70)(H,71,85)(H,72,86)(H,73,77)(H,74,78)(H,75,83)(H,76,84)(H,79,80)(H,81,82). The highest BCUT2D eigenvalue weighted by Crippen LogP contribution is 2.27. The summed E-state index contributed by atoms with van der Waals surface area (Å²) in [4.78, 5) is 109. The quantitative estimate of drug-likeness (QED) is 0.0200. The van der Waals surface area contributed by atoms with Gasteiger partial charge in [0.15, 0.2) is 0 Å². The molecule has 0 bridgehead atoms. The van der Waals surface area contributed by atoms with E-state index in [1.807, 2.05) is 24.3 Å². The average molecular weight is 1400 g/mol. The van der Waals surface area contributed by atoms with Gasteiger partial charge in [0, 0.05) is 71.5 Å². The van der Waals surface area contributed by atoms with E-state index in [0.717, 1.165) is 0 Å². The van der Waals surface area contributed by atoms with E-state index in [4.69, 9.17) is 84.3 Å². The van der Waals surface area contributed by atoms with Gasteiger partial charge >= 0.3 is 24.1 Å². The topological polar surface area (TPSA) is 373 Å². The lowest BCUT2D eigenvalue weighted by Crippen LogP contribution is -2.50. The smallest absolute Gasteiger partial charge is 0.407 e. The Balaban J connectivity index is 0.992. The van der Waals surface area contributed by atoms with Gasteiger partial charge < -0.3 is 90.6 Å². The Bertz CT molecular complexity index is 2670. The first-order valence-corrected chi connectivity index (χ1v) is 32.1. The molecule has 0 aliphatic heterocycles. The van der Waals surface area contributed by atoms with Gasteiger partial charge in [0.1, 0.15) is 36.9 Å². The molecule has 32 heteroatoms. The summed E-state index contributed by atoms with van der Waals surface area (Å²) >= 11 is 24.7. The van der Waals surface area contributed by atoms with Gasteiger partial charge in [-0.1, -0.05) is 58.5 Å². The summed E-state index contributed by atoms with van der Waals surface area (Å²) in [6.07, 6.45) is 4.74. The summed E-state index contributed by atoms with van der Waals surface area (Å²) in [5.41, 5.74) is 0.731. The fraction of sp³-hybridized carbons (Fsp3) is 0.516. The fourth-order valence-corrected chi connectivity index (χ4v) is 9.53. The maximum absolute atomic E-state index is 13.6. The monoisotopic (exact) mass is 1400 g/mol. The van der Waals surface area contributed by atoms with Crippen LogP contribution in [0.25, 0.3) is 0 Å². The number of pyridine rings is 2. The van der Waals surface area contributed by atoms with Crippen LogP contribution in [0, 0.1) is 0 Å². The third-order valence-corrected chi connectivity index (χ3v) is 13.9. The minimum absolute atomic E-state index is 0.0180. The molecule has 28 nitrogen and oxygen atoms in total. The van der Waals surface area contributed by atoms with Gasteiger partial charge in [-0.15, -0.1) is 0 Å². The van der Waals surface area contributed by atoms with Crippen LogP contribution in [0.3, 0.4) is 0 Å². The van der Waals surface area contributed by atoms with Crippen LogP contribution >= 0.6 is 46.4 Å². The van der Waals surface area contributed by atoms with Crippen molar-refractivity contribution in [1.82, 2.24) is 41.9 Å². The lowest BCUT2D eigenvalue weighted by Gasteiger charge is -2.23. The van der Waals surface area contributed by atoms with E-state index in [-0.39, 0.29) is 125 Å². The van der Waals surface area contributed by atoms with Crippen LogP contribution in [0.2, 0.25) is 20.1 Å². The molecular formula is C62H84Cl4N10O18. The Labute approximate surface area is 565 Å².